The van der Waals surface area contributed by atoms with Crippen molar-refractivity contribution < 1.29 is 0 Å². The van der Waals surface area contributed by atoms with E-state index in [4.69, 9.17) is 34.8 Å². The lowest BCUT2D eigenvalue weighted by Crippen LogP contribution is -2.04. The molecule has 106 valence electrons. The largest absolute Gasteiger partial charge is 0.339 e. The lowest BCUT2D eigenvalue weighted by Gasteiger charge is -2.12. The maximum absolute atomic E-state index is 6.17. The van der Waals surface area contributed by atoms with Gasteiger partial charge in [-0.1, -0.05) is 47.8 Å². The molecule has 0 aliphatic carbocycles. The number of anilines is 2. The van der Waals surface area contributed by atoms with Gasteiger partial charge in [-0.3, -0.25) is 0 Å². The summed E-state index contributed by atoms with van der Waals surface area (Å²) in [5.41, 5.74) is 1.47. The van der Waals surface area contributed by atoms with Gasteiger partial charge in [-0.2, -0.15) is 0 Å². The van der Waals surface area contributed by atoms with Crippen molar-refractivity contribution in [2.24, 2.45) is 0 Å². The molecule has 0 saturated carbocycles. The van der Waals surface area contributed by atoms with E-state index in [9.17, 15) is 0 Å². The molecule has 6 heteroatoms. The topological polar surface area (TPSA) is 37.8 Å². The Morgan fingerprint density at radius 1 is 1.15 bits per heavy atom. The van der Waals surface area contributed by atoms with Gasteiger partial charge in [0.2, 0.25) is 0 Å². The fraction of sp³-hybridized carbons (Fsp3) is 0.286. The van der Waals surface area contributed by atoms with Crippen molar-refractivity contribution >= 4 is 46.3 Å². The second kappa shape index (κ2) is 6.61. The van der Waals surface area contributed by atoms with E-state index in [2.05, 4.69) is 22.2 Å². The van der Waals surface area contributed by atoms with Gasteiger partial charge in [-0.15, -0.1) is 0 Å². The van der Waals surface area contributed by atoms with Crippen LogP contribution in [0.5, 0.6) is 0 Å². The highest BCUT2D eigenvalue weighted by atomic mass is 35.5. The van der Waals surface area contributed by atoms with E-state index in [0.29, 0.717) is 32.5 Å². The van der Waals surface area contributed by atoms with Crippen LogP contribution in [0.1, 0.15) is 24.7 Å². The van der Waals surface area contributed by atoms with E-state index in [1.54, 1.807) is 6.07 Å². The first-order chi connectivity index (χ1) is 9.52. The molecule has 0 spiro atoms. The third-order valence-corrected chi connectivity index (χ3v) is 4.00. The van der Waals surface area contributed by atoms with Crippen LogP contribution in [0.2, 0.25) is 15.2 Å². The molecular weight excluding hydrogens is 317 g/mol. The van der Waals surface area contributed by atoms with Gasteiger partial charge < -0.3 is 5.32 Å². The molecule has 1 aromatic carbocycles. The van der Waals surface area contributed by atoms with Crippen molar-refractivity contribution in [1.82, 2.24) is 9.97 Å². The van der Waals surface area contributed by atoms with Gasteiger partial charge in [0, 0.05) is 12.0 Å². The minimum atomic E-state index is 0.448. The van der Waals surface area contributed by atoms with Gasteiger partial charge in [0.1, 0.15) is 16.8 Å². The van der Waals surface area contributed by atoms with Crippen molar-refractivity contribution in [2.45, 2.75) is 26.7 Å². The van der Waals surface area contributed by atoms with Gasteiger partial charge in [0.25, 0.3) is 0 Å². The number of nitrogens with one attached hydrogen (secondary N) is 1. The van der Waals surface area contributed by atoms with E-state index in [0.717, 1.165) is 18.4 Å². The summed E-state index contributed by atoms with van der Waals surface area (Å²) in [6.07, 6.45) is 1.73. The number of halogens is 3. The van der Waals surface area contributed by atoms with Crippen LogP contribution in [0.3, 0.4) is 0 Å². The zero-order valence-corrected chi connectivity index (χ0v) is 13.4. The number of hydrogen-bond acceptors (Lipinski definition) is 3. The quantitative estimate of drug-likeness (QED) is 0.758. The molecule has 1 heterocycles. The molecule has 0 unspecified atom stereocenters. The Balaban J connectivity index is 2.39. The minimum Gasteiger partial charge on any atom is -0.339 e. The molecule has 0 fully saturated rings. The Kier molecular flexibility index (Phi) is 5.08. The fourth-order valence-corrected chi connectivity index (χ4v) is 2.25. The van der Waals surface area contributed by atoms with E-state index in [1.165, 1.54) is 0 Å². The van der Waals surface area contributed by atoms with Crippen LogP contribution in [-0.4, -0.2) is 9.97 Å². The highest BCUT2D eigenvalue weighted by Crippen LogP contribution is 2.32. The van der Waals surface area contributed by atoms with Crippen molar-refractivity contribution in [2.75, 3.05) is 5.32 Å². The number of hydrogen-bond donors (Lipinski definition) is 1. The van der Waals surface area contributed by atoms with Gasteiger partial charge in [0.05, 0.1) is 15.7 Å². The third-order valence-electron chi connectivity index (χ3n) is 2.81. The van der Waals surface area contributed by atoms with Gasteiger partial charge in [-0.05, 0) is 25.5 Å². The predicted octanol–water partition coefficient (Wildman–Crippen LogP) is 5.44. The lowest BCUT2D eigenvalue weighted by molar-refractivity contribution is 0.833. The van der Waals surface area contributed by atoms with Crippen LogP contribution in [0.25, 0.3) is 0 Å². The van der Waals surface area contributed by atoms with Crippen LogP contribution in [0, 0.1) is 6.92 Å². The number of rotatable bonds is 4. The summed E-state index contributed by atoms with van der Waals surface area (Å²) in [5, 5.41) is 4.57. The Morgan fingerprint density at radius 3 is 2.60 bits per heavy atom. The molecule has 3 nitrogen and oxygen atoms in total. The molecule has 0 amide bonds. The van der Waals surface area contributed by atoms with Crippen LogP contribution in [-0.2, 0) is 6.42 Å². The first kappa shape index (κ1) is 15.4. The average molecular weight is 331 g/mol. The van der Waals surface area contributed by atoms with Crippen molar-refractivity contribution in [1.29, 1.82) is 0 Å². The maximum atomic E-state index is 6.17. The number of aryl methyl sites for hydroxylation is 1. The normalized spacial score (nSPS) is 10.7. The summed E-state index contributed by atoms with van der Waals surface area (Å²) in [6, 6.07) is 5.39. The number of nitrogens with zero attached hydrogens (tertiary/aromatic N) is 2. The molecule has 20 heavy (non-hydrogen) atoms. The first-order valence-corrected chi connectivity index (χ1v) is 7.40. The van der Waals surface area contributed by atoms with E-state index >= 15 is 0 Å². The second-order valence-corrected chi connectivity index (χ2v) is 5.52. The van der Waals surface area contributed by atoms with Crippen LogP contribution in [0.4, 0.5) is 11.5 Å². The third kappa shape index (κ3) is 3.35. The van der Waals surface area contributed by atoms with E-state index in [-0.39, 0.29) is 0 Å². The van der Waals surface area contributed by atoms with Gasteiger partial charge >= 0.3 is 0 Å². The zero-order valence-electron chi connectivity index (χ0n) is 11.2. The van der Waals surface area contributed by atoms with Crippen molar-refractivity contribution in [3.63, 3.8) is 0 Å². The smallest absolute Gasteiger partial charge is 0.138 e. The Labute approximate surface area is 133 Å². The molecule has 0 bridgehead atoms. The molecule has 1 aromatic heterocycles. The molecule has 0 atom stereocenters. The lowest BCUT2D eigenvalue weighted by atomic mass is 10.2. The highest BCUT2D eigenvalue weighted by molar-refractivity contribution is 6.43. The van der Waals surface area contributed by atoms with E-state index in [1.807, 2.05) is 19.1 Å². The Morgan fingerprint density at radius 2 is 1.90 bits per heavy atom. The fourth-order valence-electron chi connectivity index (χ4n) is 1.72. The summed E-state index contributed by atoms with van der Waals surface area (Å²) in [5.74, 6) is 1.36. The monoisotopic (exact) mass is 329 g/mol. The number of benzene rings is 1. The first-order valence-electron chi connectivity index (χ1n) is 6.27. The van der Waals surface area contributed by atoms with Gasteiger partial charge in [-0.25, -0.2) is 9.97 Å². The minimum absolute atomic E-state index is 0.448. The second-order valence-electron chi connectivity index (χ2n) is 4.38. The summed E-state index contributed by atoms with van der Waals surface area (Å²) >= 11 is 18.3. The summed E-state index contributed by atoms with van der Waals surface area (Å²) < 4.78 is 0. The summed E-state index contributed by atoms with van der Waals surface area (Å²) in [7, 11) is 0. The van der Waals surface area contributed by atoms with Crippen LogP contribution < -0.4 is 5.32 Å². The zero-order chi connectivity index (χ0) is 14.7. The van der Waals surface area contributed by atoms with Crippen molar-refractivity contribution in [3.8, 4) is 0 Å². The standard InChI is InChI=1S/C14H14Cl3N3/c1-3-5-11-19-13(17)8(2)14(20-11)18-10-7-4-6-9(15)12(10)16/h4,6-7H,3,5H2,1-2H3,(H,18,19,20). The van der Waals surface area contributed by atoms with Crippen molar-refractivity contribution in [3.05, 3.63) is 44.8 Å². The SMILES string of the molecule is CCCc1nc(Cl)c(C)c(Nc2cccc(Cl)c2Cl)n1. The molecule has 1 N–H and O–H groups in total. The summed E-state index contributed by atoms with van der Waals surface area (Å²) in [4.78, 5) is 8.74. The molecule has 0 aliphatic rings. The molecule has 0 radical (unpaired) electrons. The molecule has 0 aliphatic heterocycles. The maximum Gasteiger partial charge on any atom is 0.138 e. The summed E-state index contributed by atoms with van der Waals surface area (Å²) in [6.45, 7) is 3.93. The highest BCUT2D eigenvalue weighted by Gasteiger charge is 2.11. The molecule has 2 aromatic rings. The van der Waals surface area contributed by atoms with Gasteiger partial charge in [0.15, 0.2) is 0 Å². The van der Waals surface area contributed by atoms with E-state index < -0.39 is 0 Å². The molecule has 0 saturated heterocycles. The van der Waals surface area contributed by atoms with Crippen LogP contribution >= 0.6 is 34.8 Å². The predicted molar refractivity (Wildman–Crippen MR) is 85.5 cm³/mol. The average Bonchev–Trinajstić information content (AvgIpc) is 2.41. The van der Waals surface area contributed by atoms with Crippen LogP contribution in [0.15, 0.2) is 18.2 Å². The molecular formula is C14H14Cl3N3. The Hall–Kier alpha value is -1.03. The number of aromatic nitrogens is 2. The molecule has 2 rings (SSSR count). The Bertz CT molecular complexity index is 629.